The maximum Gasteiger partial charge on any atom is 0.230 e. The lowest BCUT2D eigenvalue weighted by Crippen LogP contribution is -2.45. The average molecular weight is 288 g/mol. The Hall–Kier alpha value is -1.35. The predicted octanol–water partition coefficient (Wildman–Crippen LogP) is 3.12. The van der Waals surface area contributed by atoms with Crippen LogP contribution in [0.4, 0.5) is 0 Å². The smallest absolute Gasteiger partial charge is 0.230 e. The first kappa shape index (κ1) is 16.0. The topological polar surface area (TPSA) is 32.3 Å². The zero-order valence-corrected chi connectivity index (χ0v) is 13.6. The van der Waals surface area contributed by atoms with Crippen molar-refractivity contribution >= 4 is 5.91 Å². The van der Waals surface area contributed by atoms with Crippen molar-refractivity contribution in [1.29, 1.82) is 0 Å². The van der Waals surface area contributed by atoms with Crippen LogP contribution in [0, 0.1) is 12.3 Å². The Kier molecular flexibility index (Phi) is 5.40. The minimum atomic E-state index is -0.172. The molecule has 0 aliphatic carbocycles. The van der Waals surface area contributed by atoms with Crippen LogP contribution in [-0.4, -0.2) is 30.4 Å². The van der Waals surface area contributed by atoms with Gasteiger partial charge in [0.25, 0.3) is 0 Å². The Bertz CT molecular complexity index is 478. The standard InChI is InChI=1S/C18H28N2O/c1-4-9-18(10-11-19-14-18)17(21)20(5-2)13-16-8-6-7-15(3)12-16/h6-8,12,19H,4-5,9-11,13-14H2,1-3H3. The summed E-state index contributed by atoms with van der Waals surface area (Å²) in [5, 5.41) is 3.38. The average Bonchev–Trinajstić information content (AvgIpc) is 2.94. The molecule has 0 saturated carbocycles. The fourth-order valence-corrected chi connectivity index (χ4v) is 3.42. The summed E-state index contributed by atoms with van der Waals surface area (Å²) in [7, 11) is 0. The molecule has 1 heterocycles. The van der Waals surface area contributed by atoms with E-state index in [1.165, 1.54) is 11.1 Å². The summed E-state index contributed by atoms with van der Waals surface area (Å²) >= 11 is 0. The maximum absolute atomic E-state index is 13.1. The van der Waals surface area contributed by atoms with Gasteiger partial charge < -0.3 is 10.2 Å². The van der Waals surface area contributed by atoms with Crippen LogP contribution in [0.1, 0.15) is 44.2 Å². The summed E-state index contributed by atoms with van der Waals surface area (Å²) in [4.78, 5) is 15.1. The summed E-state index contributed by atoms with van der Waals surface area (Å²) in [6.07, 6.45) is 3.03. The number of amides is 1. The first-order chi connectivity index (χ1) is 10.1. The van der Waals surface area contributed by atoms with Crippen LogP contribution in [0.15, 0.2) is 24.3 Å². The van der Waals surface area contributed by atoms with E-state index in [2.05, 4.69) is 50.4 Å². The molecule has 21 heavy (non-hydrogen) atoms. The van der Waals surface area contributed by atoms with E-state index < -0.39 is 0 Å². The Labute approximate surface area is 128 Å². The van der Waals surface area contributed by atoms with Gasteiger partial charge in [0.2, 0.25) is 5.91 Å². The van der Waals surface area contributed by atoms with E-state index in [4.69, 9.17) is 0 Å². The second-order valence-corrected chi connectivity index (χ2v) is 6.27. The van der Waals surface area contributed by atoms with Crippen LogP contribution in [0.2, 0.25) is 0 Å². The molecule has 0 bridgehead atoms. The molecule has 1 unspecified atom stereocenters. The van der Waals surface area contributed by atoms with Crippen molar-refractivity contribution in [2.45, 2.75) is 46.6 Å². The second-order valence-electron chi connectivity index (χ2n) is 6.27. The quantitative estimate of drug-likeness (QED) is 0.872. The van der Waals surface area contributed by atoms with E-state index in [1.54, 1.807) is 0 Å². The summed E-state index contributed by atoms with van der Waals surface area (Å²) in [6, 6.07) is 8.46. The summed E-state index contributed by atoms with van der Waals surface area (Å²) in [6.45, 7) is 9.65. The molecule has 0 spiro atoms. The van der Waals surface area contributed by atoms with Crippen LogP contribution in [0.25, 0.3) is 0 Å². The Morgan fingerprint density at radius 1 is 1.38 bits per heavy atom. The van der Waals surface area contributed by atoms with Crippen molar-refractivity contribution in [3.05, 3.63) is 35.4 Å². The number of hydrogen-bond donors (Lipinski definition) is 1. The molecule has 0 radical (unpaired) electrons. The number of nitrogens with zero attached hydrogens (tertiary/aromatic N) is 1. The van der Waals surface area contributed by atoms with Crippen molar-refractivity contribution < 1.29 is 4.79 Å². The zero-order valence-electron chi connectivity index (χ0n) is 13.6. The summed E-state index contributed by atoms with van der Waals surface area (Å²) in [5.74, 6) is 0.332. The highest BCUT2D eigenvalue weighted by Gasteiger charge is 2.42. The number of nitrogens with one attached hydrogen (secondary N) is 1. The van der Waals surface area contributed by atoms with Gasteiger partial charge in [0, 0.05) is 19.6 Å². The fourth-order valence-electron chi connectivity index (χ4n) is 3.42. The molecule has 1 aromatic rings. The largest absolute Gasteiger partial charge is 0.338 e. The van der Waals surface area contributed by atoms with Gasteiger partial charge in [-0.15, -0.1) is 0 Å². The number of carbonyl (C=O) groups is 1. The normalized spacial score (nSPS) is 21.5. The van der Waals surface area contributed by atoms with E-state index in [9.17, 15) is 4.79 Å². The van der Waals surface area contributed by atoms with E-state index in [1.807, 2.05) is 4.90 Å². The molecule has 3 nitrogen and oxygen atoms in total. The number of carbonyl (C=O) groups excluding carboxylic acids is 1. The van der Waals surface area contributed by atoms with Crippen LogP contribution in [0.5, 0.6) is 0 Å². The minimum absolute atomic E-state index is 0.172. The highest BCUT2D eigenvalue weighted by Crippen LogP contribution is 2.33. The van der Waals surface area contributed by atoms with Crippen molar-refractivity contribution in [2.24, 2.45) is 5.41 Å². The lowest BCUT2D eigenvalue weighted by Gasteiger charge is -2.33. The monoisotopic (exact) mass is 288 g/mol. The van der Waals surface area contributed by atoms with Crippen LogP contribution >= 0.6 is 0 Å². The summed E-state index contributed by atoms with van der Waals surface area (Å²) in [5.41, 5.74) is 2.30. The molecule has 1 aliphatic heterocycles. The third-order valence-electron chi connectivity index (χ3n) is 4.55. The maximum atomic E-state index is 13.1. The Balaban J connectivity index is 2.14. The van der Waals surface area contributed by atoms with Crippen LogP contribution in [-0.2, 0) is 11.3 Å². The van der Waals surface area contributed by atoms with Crippen LogP contribution in [0.3, 0.4) is 0 Å². The van der Waals surface area contributed by atoms with Crippen molar-refractivity contribution in [1.82, 2.24) is 10.2 Å². The molecule has 1 fully saturated rings. The molecular weight excluding hydrogens is 260 g/mol. The molecule has 3 heteroatoms. The first-order valence-electron chi connectivity index (χ1n) is 8.17. The molecule has 1 amide bonds. The van der Waals surface area contributed by atoms with Gasteiger partial charge in [0.05, 0.1) is 5.41 Å². The van der Waals surface area contributed by atoms with Gasteiger partial charge in [0.15, 0.2) is 0 Å². The van der Waals surface area contributed by atoms with Gasteiger partial charge in [0.1, 0.15) is 0 Å². The third kappa shape index (κ3) is 3.65. The third-order valence-corrected chi connectivity index (χ3v) is 4.55. The van der Waals surface area contributed by atoms with E-state index in [0.29, 0.717) is 5.91 Å². The molecule has 2 rings (SSSR count). The van der Waals surface area contributed by atoms with Gasteiger partial charge in [-0.1, -0.05) is 43.2 Å². The van der Waals surface area contributed by atoms with Gasteiger partial charge in [-0.3, -0.25) is 4.79 Å². The molecule has 0 aromatic heterocycles. The van der Waals surface area contributed by atoms with Crippen molar-refractivity contribution in [2.75, 3.05) is 19.6 Å². The SMILES string of the molecule is CCCC1(C(=O)N(CC)Cc2cccc(C)c2)CCNC1. The second kappa shape index (κ2) is 7.08. The van der Waals surface area contributed by atoms with Gasteiger partial charge in [-0.25, -0.2) is 0 Å². The highest BCUT2D eigenvalue weighted by atomic mass is 16.2. The number of hydrogen-bond acceptors (Lipinski definition) is 2. The summed E-state index contributed by atoms with van der Waals surface area (Å²) < 4.78 is 0. The van der Waals surface area contributed by atoms with E-state index in [-0.39, 0.29) is 5.41 Å². The Morgan fingerprint density at radius 2 is 2.19 bits per heavy atom. The molecule has 1 atom stereocenters. The van der Waals surface area contributed by atoms with Gasteiger partial charge >= 0.3 is 0 Å². The minimum Gasteiger partial charge on any atom is -0.338 e. The number of aryl methyl sites for hydroxylation is 1. The molecule has 1 aromatic carbocycles. The number of rotatable bonds is 6. The molecule has 1 N–H and O–H groups in total. The molecule has 1 saturated heterocycles. The number of benzene rings is 1. The van der Waals surface area contributed by atoms with Crippen molar-refractivity contribution in [3.8, 4) is 0 Å². The lowest BCUT2D eigenvalue weighted by atomic mass is 9.81. The Morgan fingerprint density at radius 3 is 2.76 bits per heavy atom. The predicted molar refractivity (Wildman–Crippen MR) is 87.1 cm³/mol. The van der Waals surface area contributed by atoms with E-state index >= 15 is 0 Å². The highest BCUT2D eigenvalue weighted by molar-refractivity contribution is 5.83. The van der Waals surface area contributed by atoms with Crippen LogP contribution < -0.4 is 5.32 Å². The van der Waals surface area contributed by atoms with Crippen molar-refractivity contribution in [3.63, 3.8) is 0 Å². The molecule has 1 aliphatic rings. The zero-order chi connectivity index (χ0) is 15.3. The van der Waals surface area contributed by atoms with Gasteiger partial charge in [-0.05, 0) is 38.8 Å². The molecule has 116 valence electrons. The molecular formula is C18H28N2O. The first-order valence-corrected chi connectivity index (χ1v) is 8.17. The van der Waals surface area contributed by atoms with E-state index in [0.717, 1.165) is 45.4 Å². The lowest BCUT2D eigenvalue weighted by molar-refractivity contribution is -0.142. The fraction of sp³-hybridized carbons (Fsp3) is 0.611. The van der Waals surface area contributed by atoms with Gasteiger partial charge in [-0.2, -0.15) is 0 Å².